The molecule has 0 aliphatic carbocycles. The molecule has 2 saturated heterocycles. The second-order valence-electron chi connectivity index (χ2n) is 8.00. The molecule has 1 atom stereocenters. The molecule has 6 nitrogen and oxygen atoms in total. The van der Waals surface area contributed by atoms with Crippen molar-refractivity contribution in [3.8, 4) is 5.75 Å². The first-order chi connectivity index (χ1) is 13.7. The van der Waals surface area contributed by atoms with Gasteiger partial charge in [-0.2, -0.15) is 0 Å². The fourth-order valence-corrected chi connectivity index (χ4v) is 4.01. The number of rotatable bonds is 9. The highest BCUT2D eigenvalue weighted by Gasteiger charge is 2.21. The third-order valence-corrected chi connectivity index (χ3v) is 5.86. The summed E-state index contributed by atoms with van der Waals surface area (Å²) in [5, 5.41) is 6.46. The van der Waals surface area contributed by atoms with Crippen molar-refractivity contribution in [1.82, 2.24) is 15.5 Å². The summed E-state index contributed by atoms with van der Waals surface area (Å²) in [6.07, 6.45) is 2.97. The molecule has 156 valence electrons. The molecule has 3 rings (SSSR count). The number of carbonyl (C=O) groups is 1. The minimum absolute atomic E-state index is 0.143. The molecule has 0 radical (unpaired) electrons. The van der Waals surface area contributed by atoms with Crippen LogP contribution in [0.4, 0.5) is 0 Å². The van der Waals surface area contributed by atoms with E-state index in [9.17, 15) is 4.79 Å². The Kier molecular flexibility index (Phi) is 8.58. The van der Waals surface area contributed by atoms with Gasteiger partial charge < -0.3 is 20.1 Å². The number of amides is 1. The average Bonchev–Trinajstić information content (AvgIpc) is 2.74. The highest BCUT2D eigenvalue weighted by molar-refractivity contribution is 5.76. The highest BCUT2D eigenvalue weighted by atomic mass is 16.5. The number of carbonyl (C=O) groups excluding carboxylic acids is 1. The normalized spacial score (nSPS) is 19.9. The van der Waals surface area contributed by atoms with E-state index >= 15 is 0 Å². The molecule has 2 heterocycles. The Morgan fingerprint density at radius 2 is 2.11 bits per heavy atom. The molecule has 1 aromatic rings. The van der Waals surface area contributed by atoms with E-state index in [0.717, 1.165) is 57.3 Å². The molecule has 2 N–H and O–H groups in total. The van der Waals surface area contributed by atoms with Gasteiger partial charge in [-0.25, -0.2) is 0 Å². The van der Waals surface area contributed by atoms with E-state index in [-0.39, 0.29) is 5.91 Å². The van der Waals surface area contributed by atoms with Gasteiger partial charge in [0.15, 0.2) is 0 Å². The Bertz CT molecular complexity index is 598. The topological polar surface area (TPSA) is 62.8 Å². The lowest BCUT2D eigenvalue weighted by Crippen LogP contribution is -2.38. The van der Waals surface area contributed by atoms with E-state index in [4.69, 9.17) is 9.47 Å². The number of benzene rings is 1. The van der Waals surface area contributed by atoms with Crippen molar-refractivity contribution in [1.29, 1.82) is 0 Å². The molecule has 2 aliphatic heterocycles. The highest BCUT2D eigenvalue weighted by Crippen LogP contribution is 2.24. The minimum Gasteiger partial charge on any atom is -0.492 e. The Hall–Kier alpha value is -1.63. The second kappa shape index (κ2) is 11.4. The van der Waals surface area contributed by atoms with Crippen LogP contribution in [0.5, 0.6) is 5.75 Å². The fourth-order valence-electron chi connectivity index (χ4n) is 4.01. The van der Waals surface area contributed by atoms with Crippen molar-refractivity contribution in [2.75, 3.05) is 52.5 Å². The number of nitrogens with zero attached hydrogens (tertiary/aromatic N) is 1. The van der Waals surface area contributed by atoms with E-state index in [1.807, 2.05) is 24.3 Å². The summed E-state index contributed by atoms with van der Waals surface area (Å²) in [6.45, 7) is 10.1. The number of morpholine rings is 1. The van der Waals surface area contributed by atoms with Gasteiger partial charge in [0.1, 0.15) is 12.4 Å². The molecule has 2 aliphatic rings. The number of nitrogens with one attached hydrogen (secondary N) is 2. The van der Waals surface area contributed by atoms with Crippen LogP contribution in [0, 0.1) is 11.8 Å². The van der Waals surface area contributed by atoms with Crippen LogP contribution in [0.2, 0.25) is 0 Å². The molecule has 0 spiro atoms. The second-order valence-corrected chi connectivity index (χ2v) is 8.00. The lowest BCUT2D eigenvalue weighted by atomic mass is 9.84. The number of hydrogen-bond donors (Lipinski definition) is 2. The van der Waals surface area contributed by atoms with Crippen LogP contribution in [0.25, 0.3) is 0 Å². The summed E-state index contributed by atoms with van der Waals surface area (Å²) in [5.41, 5.74) is 1.08. The summed E-state index contributed by atoms with van der Waals surface area (Å²) in [5.74, 6) is 2.11. The third kappa shape index (κ3) is 7.08. The van der Waals surface area contributed by atoms with Crippen LogP contribution in [0.15, 0.2) is 24.3 Å². The van der Waals surface area contributed by atoms with E-state index < -0.39 is 0 Å². The van der Waals surface area contributed by atoms with Gasteiger partial charge in [-0.15, -0.1) is 0 Å². The van der Waals surface area contributed by atoms with Crippen molar-refractivity contribution >= 4 is 5.91 Å². The first-order valence-corrected chi connectivity index (χ1v) is 10.7. The number of hydrogen-bond acceptors (Lipinski definition) is 5. The van der Waals surface area contributed by atoms with Crippen molar-refractivity contribution in [2.45, 2.75) is 32.7 Å². The molecule has 28 heavy (non-hydrogen) atoms. The van der Waals surface area contributed by atoms with Crippen LogP contribution in [-0.2, 0) is 16.1 Å². The smallest absolute Gasteiger partial charge is 0.220 e. The van der Waals surface area contributed by atoms with Gasteiger partial charge >= 0.3 is 0 Å². The van der Waals surface area contributed by atoms with Crippen LogP contribution in [0.3, 0.4) is 0 Å². The molecule has 0 aromatic heterocycles. The number of ether oxygens (including phenoxy) is 2. The summed E-state index contributed by atoms with van der Waals surface area (Å²) in [6, 6.07) is 8.02. The van der Waals surface area contributed by atoms with Crippen LogP contribution >= 0.6 is 0 Å². The Morgan fingerprint density at radius 1 is 1.32 bits per heavy atom. The molecule has 0 bridgehead atoms. The van der Waals surface area contributed by atoms with Crippen LogP contribution < -0.4 is 15.4 Å². The van der Waals surface area contributed by atoms with Gasteiger partial charge in [-0.05, 0) is 55.5 Å². The third-order valence-electron chi connectivity index (χ3n) is 5.86. The Labute approximate surface area is 169 Å². The van der Waals surface area contributed by atoms with Crippen molar-refractivity contribution in [2.24, 2.45) is 11.8 Å². The van der Waals surface area contributed by atoms with E-state index in [1.54, 1.807) is 0 Å². The zero-order valence-corrected chi connectivity index (χ0v) is 17.1. The van der Waals surface area contributed by atoms with Gasteiger partial charge in [-0.3, -0.25) is 9.69 Å². The maximum absolute atomic E-state index is 12.3. The van der Waals surface area contributed by atoms with Crippen molar-refractivity contribution < 1.29 is 14.3 Å². The summed E-state index contributed by atoms with van der Waals surface area (Å²) in [4.78, 5) is 14.7. The minimum atomic E-state index is 0.143. The predicted molar refractivity (Wildman–Crippen MR) is 110 cm³/mol. The number of piperidine rings is 1. The Morgan fingerprint density at radius 3 is 2.89 bits per heavy atom. The van der Waals surface area contributed by atoms with Gasteiger partial charge in [0.2, 0.25) is 5.91 Å². The van der Waals surface area contributed by atoms with E-state index in [1.165, 1.54) is 12.8 Å². The molecular formula is C22H35N3O3. The van der Waals surface area contributed by atoms with Gasteiger partial charge in [0, 0.05) is 32.6 Å². The molecule has 1 amide bonds. The summed E-state index contributed by atoms with van der Waals surface area (Å²) < 4.78 is 11.3. The summed E-state index contributed by atoms with van der Waals surface area (Å²) in [7, 11) is 0. The monoisotopic (exact) mass is 389 g/mol. The Balaban J connectivity index is 1.36. The SMILES string of the molecule is CC(CC(=O)NCc1cccc(OCCN2CCOCC2)c1)C1CCNCC1. The quantitative estimate of drug-likeness (QED) is 0.677. The molecule has 6 heteroatoms. The van der Waals surface area contributed by atoms with Gasteiger partial charge in [0.05, 0.1) is 13.2 Å². The zero-order valence-electron chi connectivity index (χ0n) is 17.1. The lowest BCUT2D eigenvalue weighted by molar-refractivity contribution is -0.122. The standard InChI is InChI=1S/C22H35N3O3/c1-18(20-5-7-23-8-6-20)15-22(26)24-17-19-3-2-4-21(16-19)28-14-11-25-9-12-27-13-10-25/h2-4,16,18,20,23H,5-15,17H2,1H3,(H,24,26). The lowest BCUT2D eigenvalue weighted by Gasteiger charge is -2.27. The first-order valence-electron chi connectivity index (χ1n) is 10.7. The van der Waals surface area contributed by atoms with E-state index in [0.29, 0.717) is 31.4 Å². The van der Waals surface area contributed by atoms with Crippen molar-refractivity contribution in [3.63, 3.8) is 0 Å². The molecular weight excluding hydrogens is 354 g/mol. The van der Waals surface area contributed by atoms with Gasteiger partial charge in [-0.1, -0.05) is 19.1 Å². The zero-order chi connectivity index (χ0) is 19.6. The van der Waals surface area contributed by atoms with E-state index in [2.05, 4.69) is 22.5 Å². The summed E-state index contributed by atoms with van der Waals surface area (Å²) >= 11 is 0. The first kappa shape index (κ1) is 21.1. The van der Waals surface area contributed by atoms with Gasteiger partial charge in [0.25, 0.3) is 0 Å². The fraction of sp³-hybridized carbons (Fsp3) is 0.682. The predicted octanol–water partition coefficient (Wildman–Crippen LogP) is 2.04. The molecule has 1 unspecified atom stereocenters. The maximum Gasteiger partial charge on any atom is 0.220 e. The van der Waals surface area contributed by atoms with Crippen LogP contribution in [0.1, 0.15) is 31.7 Å². The average molecular weight is 390 g/mol. The van der Waals surface area contributed by atoms with Crippen LogP contribution in [-0.4, -0.2) is 63.4 Å². The van der Waals surface area contributed by atoms with Crippen molar-refractivity contribution in [3.05, 3.63) is 29.8 Å². The largest absolute Gasteiger partial charge is 0.492 e. The molecule has 1 aromatic carbocycles. The molecule has 2 fully saturated rings. The molecule has 0 saturated carbocycles. The maximum atomic E-state index is 12.3.